The van der Waals surface area contributed by atoms with Crippen LogP contribution in [0.5, 0.6) is 0 Å². The largest absolute Gasteiger partial charge is 0.466 e. The molecule has 0 heterocycles. The zero-order valence-electron chi connectivity index (χ0n) is 57.2. The first-order valence-corrected chi connectivity index (χ1v) is 38.6. The molecule has 6 nitrogen and oxygen atoms in total. The van der Waals surface area contributed by atoms with Crippen LogP contribution in [0.2, 0.25) is 0 Å². The lowest BCUT2D eigenvalue weighted by molar-refractivity contribution is -0.143. The van der Waals surface area contributed by atoms with Crippen molar-refractivity contribution in [3.8, 4) is 0 Å². The summed E-state index contributed by atoms with van der Waals surface area (Å²) in [6.07, 6.45) is 94.1. The summed E-state index contributed by atoms with van der Waals surface area (Å²) < 4.78 is 5.48. The maximum Gasteiger partial charge on any atom is 0.305 e. The van der Waals surface area contributed by atoms with E-state index in [2.05, 4.69) is 43.5 Å². The van der Waals surface area contributed by atoms with E-state index < -0.39 is 12.1 Å². The first-order valence-electron chi connectivity index (χ1n) is 38.6. The Hall–Kier alpha value is -1.66. The molecule has 0 aliphatic rings. The van der Waals surface area contributed by atoms with Crippen molar-refractivity contribution in [2.24, 2.45) is 0 Å². The molecule has 0 aliphatic carbocycles. The SMILES string of the molecule is CCCCC/C=C\CCCCCCCC(=O)OCCCCCCCCCCCCCCCC/C=C\CCCCCCCCCCCCCCCCCCCC(=O)NC(CO)C(O)CCCCCCCCCCCCCCCCCCCCCC. The quantitative estimate of drug-likeness (QED) is 0.0320. The van der Waals surface area contributed by atoms with Crippen molar-refractivity contribution in [3.05, 3.63) is 24.3 Å². The molecule has 0 aromatic rings. The smallest absolute Gasteiger partial charge is 0.305 e. The lowest BCUT2D eigenvalue weighted by atomic mass is 10.0. The molecule has 0 aromatic carbocycles. The van der Waals surface area contributed by atoms with E-state index in [0.717, 1.165) is 44.9 Å². The Morgan fingerprint density at radius 3 is 0.869 bits per heavy atom. The van der Waals surface area contributed by atoms with Crippen LogP contribution in [0.3, 0.4) is 0 Å². The van der Waals surface area contributed by atoms with E-state index in [0.29, 0.717) is 25.9 Å². The van der Waals surface area contributed by atoms with E-state index in [9.17, 15) is 19.8 Å². The molecule has 0 bridgehead atoms. The maximum absolute atomic E-state index is 12.6. The summed E-state index contributed by atoms with van der Waals surface area (Å²) in [6, 6.07) is -0.539. The Bertz CT molecular complexity index is 1320. The van der Waals surface area contributed by atoms with Gasteiger partial charge in [0.15, 0.2) is 0 Å². The van der Waals surface area contributed by atoms with E-state index in [-0.39, 0.29) is 18.5 Å². The Labute approximate surface area is 526 Å². The highest BCUT2D eigenvalue weighted by Crippen LogP contribution is 2.20. The fraction of sp³-hybridized carbons (Fsp3) is 0.923. The molecular weight excluding hydrogens is 1030 g/mol. The third kappa shape index (κ3) is 69.4. The average Bonchev–Trinajstić information content (AvgIpc) is 3.52. The van der Waals surface area contributed by atoms with Gasteiger partial charge < -0.3 is 20.3 Å². The topological polar surface area (TPSA) is 95.9 Å². The third-order valence-corrected chi connectivity index (χ3v) is 18.2. The second kappa shape index (κ2) is 73.8. The summed E-state index contributed by atoms with van der Waals surface area (Å²) in [4.78, 5) is 24.6. The van der Waals surface area contributed by atoms with Crippen molar-refractivity contribution in [2.75, 3.05) is 13.2 Å². The van der Waals surface area contributed by atoms with Gasteiger partial charge in [-0.3, -0.25) is 9.59 Å². The first-order chi connectivity index (χ1) is 41.5. The van der Waals surface area contributed by atoms with E-state index in [4.69, 9.17) is 4.74 Å². The van der Waals surface area contributed by atoms with Gasteiger partial charge in [0.05, 0.1) is 25.4 Å². The number of rotatable bonds is 73. The molecule has 2 atom stereocenters. The predicted molar refractivity (Wildman–Crippen MR) is 370 cm³/mol. The minimum absolute atomic E-state index is 0.0108. The van der Waals surface area contributed by atoms with Gasteiger partial charge in [0.2, 0.25) is 5.91 Å². The van der Waals surface area contributed by atoms with Gasteiger partial charge in [-0.05, 0) is 77.0 Å². The lowest BCUT2D eigenvalue weighted by Gasteiger charge is -2.22. The van der Waals surface area contributed by atoms with E-state index in [1.807, 2.05) is 0 Å². The van der Waals surface area contributed by atoms with Crippen LogP contribution in [0, 0.1) is 0 Å². The van der Waals surface area contributed by atoms with Crippen LogP contribution in [0.15, 0.2) is 24.3 Å². The Balaban J connectivity index is 3.34. The van der Waals surface area contributed by atoms with Crippen LogP contribution >= 0.6 is 0 Å². The van der Waals surface area contributed by atoms with E-state index >= 15 is 0 Å². The highest BCUT2D eigenvalue weighted by Gasteiger charge is 2.20. The van der Waals surface area contributed by atoms with Gasteiger partial charge in [-0.25, -0.2) is 0 Å². The Morgan fingerprint density at radius 1 is 0.321 bits per heavy atom. The molecule has 498 valence electrons. The number of nitrogens with one attached hydrogen (secondary N) is 1. The van der Waals surface area contributed by atoms with Gasteiger partial charge in [0.25, 0.3) is 0 Å². The van der Waals surface area contributed by atoms with Crippen molar-refractivity contribution < 1.29 is 24.5 Å². The molecule has 3 N–H and O–H groups in total. The van der Waals surface area contributed by atoms with Gasteiger partial charge in [-0.2, -0.15) is 0 Å². The molecular formula is C78H151NO5. The van der Waals surface area contributed by atoms with Crippen molar-refractivity contribution in [1.29, 1.82) is 0 Å². The summed E-state index contributed by atoms with van der Waals surface area (Å²) in [5, 5.41) is 23.4. The summed E-state index contributed by atoms with van der Waals surface area (Å²) in [7, 11) is 0. The number of carbonyl (C=O) groups is 2. The second-order valence-corrected chi connectivity index (χ2v) is 26.7. The zero-order valence-corrected chi connectivity index (χ0v) is 57.2. The van der Waals surface area contributed by atoms with Gasteiger partial charge >= 0.3 is 5.97 Å². The minimum Gasteiger partial charge on any atom is -0.466 e. The molecule has 1 amide bonds. The Kier molecular flexibility index (Phi) is 72.3. The molecule has 0 spiro atoms. The fourth-order valence-electron chi connectivity index (χ4n) is 12.3. The standard InChI is InChI=1S/C78H151NO5/c1-3-5-7-9-11-13-15-17-18-19-20-38-41-44-47-50-54-58-62-66-70-76(81)75(74-80)79-77(82)71-67-63-59-55-51-48-45-42-39-36-34-32-30-28-26-24-22-21-23-25-27-29-31-33-35-37-40-43-46-49-53-57-61-65-69-73-84-78(83)72-68-64-60-56-52-16-14-12-10-8-6-4-2/h12,14,23,25,75-76,80-81H,3-11,13,15-22,24,26-74H2,1-2H3,(H,79,82)/b14-12-,25-23-. The number of hydrogen-bond acceptors (Lipinski definition) is 5. The maximum atomic E-state index is 12.6. The Morgan fingerprint density at radius 2 is 0.560 bits per heavy atom. The lowest BCUT2D eigenvalue weighted by Crippen LogP contribution is -2.45. The van der Waals surface area contributed by atoms with Crippen molar-refractivity contribution in [1.82, 2.24) is 5.32 Å². The molecule has 84 heavy (non-hydrogen) atoms. The molecule has 0 aromatic heterocycles. The van der Waals surface area contributed by atoms with Gasteiger partial charge in [0.1, 0.15) is 0 Å². The van der Waals surface area contributed by atoms with Crippen molar-refractivity contribution in [2.45, 2.75) is 450 Å². The average molecular weight is 1180 g/mol. The van der Waals surface area contributed by atoms with Crippen molar-refractivity contribution >= 4 is 11.9 Å². The third-order valence-electron chi connectivity index (χ3n) is 18.2. The van der Waals surface area contributed by atoms with Crippen molar-refractivity contribution in [3.63, 3.8) is 0 Å². The predicted octanol–water partition coefficient (Wildman–Crippen LogP) is 25.3. The number of aliphatic hydroxyl groups is 2. The van der Waals surface area contributed by atoms with Crippen LogP contribution in [0.25, 0.3) is 0 Å². The summed E-state index contributed by atoms with van der Waals surface area (Å²) in [5.41, 5.74) is 0. The number of unbranched alkanes of at least 4 members (excludes halogenated alkanes) is 58. The number of amides is 1. The van der Waals surface area contributed by atoms with Crippen LogP contribution in [-0.2, 0) is 14.3 Å². The number of esters is 1. The van der Waals surface area contributed by atoms with Gasteiger partial charge in [0, 0.05) is 12.8 Å². The highest BCUT2D eigenvalue weighted by molar-refractivity contribution is 5.76. The van der Waals surface area contributed by atoms with E-state index in [1.165, 1.54) is 360 Å². The fourth-order valence-corrected chi connectivity index (χ4v) is 12.3. The molecule has 6 heteroatoms. The molecule has 0 rings (SSSR count). The number of ether oxygens (including phenoxy) is 1. The second-order valence-electron chi connectivity index (χ2n) is 26.7. The minimum atomic E-state index is -0.662. The van der Waals surface area contributed by atoms with Gasteiger partial charge in [-0.15, -0.1) is 0 Å². The van der Waals surface area contributed by atoms with Crippen LogP contribution in [-0.4, -0.2) is 47.4 Å². The molecule has 0 radical (unpaired) electrons. The van der Waals surface area contributed by atoms with E-state index in [1.54, 1.807) is 0 Å². The molecule has 0 saturated carbocycles. The van der Waals surface area contributed by atoms with Crippen LogP contribution < -0.4 is 5.32 Å². The number of aliphatic hydroxyl groups excluding tert-OH is 2. The monoisotopic (exact) mass is 1180 g/mol. The number of carbonyl (C=O) groups excluding carboxylic acids is 2. The zero-order chi connectivity index (χ0) is 60.6. The van der Waals surface area contributed by atoms with Crippen LogP contribution in [0.1, 0.15) is 438 Å². The number of allylic oxidation sites excluding steroid dienone is 4. The normalized spacial score (nSPS) is 12.6. The summed E-state index contributed by atoms with van der Waals surface area (Å²) in [5.74, 6) is -0.0156. The number of hydrogen-bond donors (Lipinski definition) is 3. The summed E-state index contributed by atoms with van der Waals surface area (Å²) >= 11 is 0. The molecule has 0 aliphatic heterocycles. The van der Waals surface area contributed by atoms with Gasteiger partial charge in [-0.1, -0.05) is 372 Å². The molecule has 2 unspecified atom stereocenters. The van der Waals surface area contributed by atoms with Crippen LogP contribution in [0.4, 0.5) is 0 Å². The molecule has 0 fully saturated rings. The summed E-state index contributed by atoms with van der Waals surface area (Å²) in [6.45, 7) is 4.97. The first kappa shape index (κ1) is 82.3. The highest BCUT2D eigenvalue weighted by atomic mass is 16.5. The molecule has 0 saturated heterocycles.